The normalized spacial score (nSPS) is 23.6. The van der Waals surface area contributed by atoms with Gasteiger partial charge in [0, 0.05) is 19.1 Å². The number of hydrogen-bond donors (Lipinski definition) is 1. The summed E-state index contributed by atoms with van der Waals surface area (Å²) in [6.07, 6.45) is 11.4. The molecule has 24 heavy (non-hydrogen) atoms. The van der Waals surface area contributed by atoms with Gasteiger partial charge in [-0.1, -0.05) is 19.3 Å². The molecule has 0 spiro atoms. The summed E-state index contributed by atoms with van der Waals surface area (Å²) in [5.74, 6) is 0.720. The van der Waals surface area contributed by atoms with Gasteiger partial charge in [0.1, 0.15) is 6.33 Å². The van der Waals surface area contributed by atoms with Crippen LogP contribution in [0.25, 0.3) is 5.65 Å². The fraction of sp³-hybridized carbons (Fsp3) is 0.722. The monoisotopic (exact) mass is 328 g/mol. The summed E-state index contributed by atoms with van der Waals surface area (Å²) in [7, 11) is 0. The first-order chi connectivity index (χ1) is 11.8. The first kappa shape index (κ1) is 15.8. The number of nitrogens with one attached hydrogen (secondary N) is 1. The van der Waals surface area contributed by atoms with Crippen LogP contribution in [-0.2, 0) is 0 Å². The van der Waals surface area contributed by atoms with E-state index in [0.29, 0.717) is 0 Å². The van der Waals surface area contributed by atoms with E-state index in [2.05, 4.69) is 31.6 Å². The standard InChI is InChI=1S/C18H28N6/c1-14-10-17(18-21-20-13-24(18)22-14)19-11-15-6-5-9-23(12-15)16-7-3-2-4-8-16/h10,13,15-16,19H,2-9,11-12H2,1H3. The molecule has 1 saturated heterocycles. The fourth-order valence-electron chi connectivity index (χ4n) is 4.38. The van der Waals surface area contributed by atoms with E-state index in [1.54, 1.807) is 10.8 Å². The number of fused-ring (bicyclic) bond motifs is 1. The molecule has 1 saturated carbocycles. The summed E-state index contributed by atoms with van der Waals surface area (Å²) < 4.78 is 1.76. The molecule has 1 N–H and O–H groups in total. The first-order valence-corrected chi connectivity index (χ1v) is 9.45. The molecule has 3 heterocycles. The van der Waals surface area contributed by atoms with Crippen molar-refractivity contribution in [3.8, 4) is 0 Å². The molecule has 0 aromatic carbocycles. The molecule has 130 valence electrons. The molecule has 2 aromatic heterocycles. The Morgan fingerprint density at radius 1 is 1.17 bits per heavy atom. The first-order valence-electron chi connectivity index (χ1n) is 9.45. The van der Waals surface area contributed by atoms with Crippen LogP contribution < -0.4 is 5.32 Å². The Kier molecular flexibility index (Phi) is 4.65. The zero-order valence-corrected chi connectivity index (χ0v) is 14.6. The van der Waals surface area contributed by atoms with E-state index in [1.165, 1.54) is 58.0 Å². The highest BCUT2D eigenvalue weighted by atomic mass is 15.3. The van der Waals surface area contributed by atoms with E-state index in [9.17, 15) is 0 Å². The van der Waals surface area contributed by atoms with Gasteiger partial charge in [0.15, 0.2) is 0 Å². The van der Waals surface area contributed by atoms with Crippen LogP contribution in [0, 0.1) is 12.8 Å². The molecule has 2 fully saturated rings. The average Bonchev–Trinajstić information content (AvgIpc) is 3.09. The van der Waals surface area contributed by atoms with Crippen LogP contribution in [0.1, 0.15) is 50.6 Å². The third-order valence-corrected chi connectivity index (χ3v) is 5.61. The van der Waals surface area contributed by atoms with Gasteiger partial charge >= 0.3 is 0 Å². The Labute approximate surface area is 143 Å². The predicted molar refractivity (Wildman–Crippen MR) is 95.2 cm³/mol. The smallest absolute Gasteiger partial charge is 0.200 e. The number of hydrogen-bond acceptors (Lipinski definition) is 5. The minimum atomic E-state index is 0.720. The minimum absolute atomic E-state index is 0.720. The van der Waals surface area contributed by atoms with Crippen molar-refractivity contribution in [3.63, 3.8) is 0 Å². The molecule has 6 heteroatoms. The highest BCUT2D eigenvalue weighted by Gasteiger charge is 2.26. The van der Waals surface area contributed by atoms with Gasteiger partial charge in [-0.05, 0) is 51.1 Å². The highest BCUT2D eigenvalue weighted by Crippen LogP contribution is 2.27. The number of nitrogens with zero attached hydrogens (tertiary/aromatic N) is 5. The Balaban J connectivity index is 1.38. The zero-order valence-electron chi connectivity index (χ0n) is 14.6. The molecule has 1 unspecified atom stereocenters. The maximum Gasteiger partial charge on any atom is 0.200 e. The lowest BCUT2D eigenvalue weighted by molar-refractivity contribution is 0.102. The maximum atomic E-state index is 4.41. The van der Waals surface area contributed by atoms with Crippen LogP contribution in [0.4, 0.5) is 5.69 Å². The molecule has 1 aliphatic heterocycles. The second-order valence-electron chi connectivity index (χ2n) is 7.47. The number of aromatic nitrogens is 4. The summed E-state index contributed by atoms with van der Waals surface area (Å²) in [6, 6.07) is 2.92. The van der Waals surface area contributed by atoms with E-state index in [4.69, 9.17) is 0 Å². The van der Waals surface area contributed by atoms with Crippen molar-refractivity contribution in [2.45, 2.75) is 57.9 Å². The van der Waals surface area contributed by atoms with Crippen LogP contribution in [0.3, 0.4) is 0 Å². The van der Waals surface area contributed by atoms with E-state index in [0.717, 1.165) is 35.5 Å². The quantitative estimate of drug-likeness (QED) is 0.935. The van der Waals surface area contributed by atoms with Crippen molar-refractivity contribution in [2.24, 2.45) is 5.92 Å². The Morgan fingerprint density at radius 2 is 2.04 bits per heavy atom. The van der Waals surface area contributed by atoms with Crippen LogP contribution in [-0.4, -0.2) is 50.4 Å². The molecule has 0 amide bonds. The lowest BCUT2D eigenvalue weighted by atomic mass is 9.90. The Hall–Kier alpha value is -1.69. The third kappa shape index (κ3) is 3.38. The molecular formula is C18H28N6. The Bertz CT molecular complexity index is 675. The van der Waals surface area contributed by atoms with Crippen LogP contribution in [0.2, 0.25) is 0 Å². The summed E-state index contributed by atoms with van der Waals surface area (Å²) in [5, 5.41) is 16.2. The summed E-state index contributed by atoms with van der Waals surface area (Å²) in [5.41, 5.74) is 2.85. The molecule has 2 aromatic rings. The topological polar surface area (TPSA) is 58.3 Å². The van der Waals surface area contributed by atoms with Crippen molar-refractivity contribution >= 4 is 11.3 Å². The number of piperidine rings is 1. The van der Waals surface area contributed by atoms with Crippen molar-refractivity contribution in [3.05, 3.63) is 18.1 Å². The van der Waals surface area contributed by atoms with Crippen LogP contribution in [0.5, 0.6) is 0 Å². The molecular weight excluding hydrogens is 300 g/mol. The van der Waals surface area contributed by atoms with Crippen molar-refractivity contribution in [1.29, 1.82) is 0 Å². The lowest BCUT2D eigenvalue weighted by Gasteiger charge is -2.40. The van der Waals surface area contributed by atoms with E-state index < -0.39 is 0 Å². The molecule has 1 atom stereocenters. The molecule has 0 bridgehead atoms. The van der Waals surface area contributed by atoms with E-state index in [-0.39, 0.29) is 0 Å². The van der Waals surface area contributed by atoms with Crippen molar-refractivity contribution in [2.75, 3.05) is 25.0 Å². The van der Waals surface area contributed by atoms with Gasteiger partial charge in [-0.2, -0.15) is 9.61 Å². The van der Waals surface area contributed by atoms with E-state index in [1.807, 2.05) is 6.92 Å². The fourth-order valence-corrected chi connectivity index (χ4v) is 4.38. The zero-order chi connectivity index (χ0) is 16.4. The molecule has 4 rings (SSSR count). The second-order valence-corrected chi connectivity index (χ2v) is 7.47. The largest absolute Gasteiger partial charge is 0.382 e. The van der Waals surface area contributed by atoms with Gasteiger partial charge < -0.3 is 10.2 Å². The third-order valence-electron chi connectivity index (χ3n) is 5.61. The van der Waals surface area contributed by atoms with E-state index >= 15 is 0 Å². The maximum absolute atomic E-state index is 4.41. The number of anilines is 1. The summed E-state index contributed by atoms with van der Waals surface area (Å²) in [6.45, 7) is 5.56. The van der Waals surface area contributed by atoms with Crippen molar-refractivity contribution < 1.29 is 0 Å². The second kappa shape index (κ2) is 7.05. The average molecular weight is 328 g/mol. The van der Waals surface area contributed by atoms with Crippen molar-refractivity contribution in [1.82, 2.24) is 24.7 Å². The molecule has 0 radical (unpaired) electrons. The summed E-state index contributed by atoms with van der Waals surface area (Å²) >= 11 is 0. The summed E-state index contributed by atoms with van der Waals surface area (Å²) in [4.78, 5) is 2.76. The predicted octanol–water partition coefficient (Wildman–Crippen LogP) is 2.89. The SMILES string of the molecule is Cc1cc(NCC2CCCN(C3CCCCC3)C2)c2nncn2n1. The van der Waals surface area contributed by atoms with Gasteiger partial charge in [0.2, 0.25) is 5.65 Å². The van der Waals surface area contributed by atoms with Gasteiger partial charge in [-0.3, -0.25) is 0 Å². The van der Waals surface area contributed by atoms with Gasteiger partial charge in [0.05, 0.1) is 11.4 Å². The lowest BCUT2D eigenvalue weighted by Crippen LogP contribution is -2.45. The minimum Gasteiger partial charge on any atom is -0.382 e. The van der Waals surface area contributed by atoms with Gasteiger partial charge in [-0.25, -0.2) is 0 Å². The molecule has 1 aliphatic carbocycles. The molecule has 6 nitrogen and oxygen atoms in total. The number of likely N-dealkylation sites (tertiary alicyclic amines) is 1. The van der Waals surface area contributed by atoms with Crippen LogP contribution in [0.15, 0.2) is 12.4 Å². The number of aryl methyl sites for hydroxylation is 1. The van der Waals surface area contributed by atoms with Gasteiger partial charge in [0.25, 0.3) is 0 Å². The van der Waals surface area contributed by atoms with Crippen LogP contribution >= 0.6 is 0 Å². The van der Waals surface area contributed by atoms with Gasteiger partial charge in [-0.15, -0.1) is 10.2 Å². The number of rotatable bonds is 4. The highest BCUT2D eigenvalue weighted by molar-refractivity contribution is 5.66. The Morgan fingerprint density at radius 3 is 2.92 bits per heavy atom. The molecule has 2 aliphatic rings.